The molecule has 7 nitrogen and oxygen atoms in total. The fraction of sp³-hybridized carbons (Fsp3) is 0.286. The molecule has 0 bridgehead atoms. The smallest absolute Gasteiger partial charge is 0.259 e. The van der Waals surface area contributed by atoms with Gasteiger partial charge < -0.3 is 19.8 Å². The van der Waals surface area contributed by atoms with E-state index in [0.717, 1.165) is 5.01 Å². The Kier molecular flexibility index (Phi) is 6.96. The zero-order valence-corrected chi connectivity index (χ0v) is 17.6. The number of halogens is 1. The first kappa shape index (κ1) is 21.7. The summed E-state index contributed by atoms with van der Waals surface area (Å²) in [6.45, 7) is 6.04. The second kappa shape index (κ2) is 9.64. The zero-order valence-electron chi connectivity index (χ0n) is 16.8. The van der Waals surface area contributed by atoms with Crippen molar-refractivity contribution in [3.05, 3.63) is 63.8 Å². The van der Waals surface area contributed by atoms with E-state index in [2.05, 4.69) is 15.6 Å². The SMILES string of the molecule is CCOC(C)c1nc(CC(=O)Nc2ccc(F)c(NC(=O)c3ccoc3C)c2)cs1. The van der Waals surface area contributed by atoms with Crippen LogP contribution >= 0.6 is 11.3 Å². The third-order valence-electron chi connectivity index (χ3n) is 4.28. The quantitative estimate of drug-likeness (QED) is 0.539. The molecule has 0 radical (unpaired) electrons. The molecule has 3 rings (SSSR count). The van der Waals surface area contributed by atoms with Gasteiger partial charge in [-0.25, -0.2) is 9.37 Å². The molecule has 0 spiro atoms. The summed E-state index contributed by atoms with van der Waals surface area (Å²) in [5.74, 6) is -0.984. The van der Waals surface area contributed by atoms with Crippen LogP contribution in [-0.2, 0) is 16.0 Å². The average molecular weight is 431 g/mol. The predicted molar refractivity (Wildman–Crippen MR) is 112 cm³/mol. The molecule has 0 aliphatic rings. The highest BCUT2D eigenvalue weighted by atomic mass is 32.1. The Morgan fingerprint density at radius 2 is 2.10 bits per heavy atom. The van der Waals surface area contributed by atoms with Gasteiger partial charge in [0.1, 0.15) is 22.7 Å². The van der Waals surface area contributed by atoms with Crippen molar-refractivity contribution >= 4 is 34.5 Å². The van der Waals surface area contributed by atoms with E-state index < -0.39 is 11.7 Å². The summed E-state index contributed by atoms with van der Waals surface area (Å²) in [6.07, 6.45) is 1.33. The van der Waals surface area contributed by atoms with Crippen LogP contribution in [0, 0.1) is 12.7 Å². The molecule has 0 aliphatic heterocycles. The van der Waals surface area contributed by atoms with Crippen LogP contribution in [0.15, 0.2) is 40.3 Å². The Labute approximate surface area is 177 Å². The summed E-state index contributed by atoms with van der Waals surface area (Å²) in [6, 6.07) is 5.47. The molecule has 30 heavy (non-hydrogen) atoms. The van der Waals surface area contributed by atoms with Crippen molar-refractivity contribution in [1.29, 1.82) is 0 Å². The van der Waals surface area contributed by atoms with Gasteiger partial charge in [0.2, 0.25) is 5.91 Å². The van der Waals surface area contributed by atoms with Gasteiger partial charge in [0.25, 0.3) is 5.91 Å². The van der Waals surface area contributed by atoms with Crippen molar-refractivity contribution in [2.45, 2.75) is 33.3 Å². The second-order valence-corrected chi connectivity index (χ2v) is 7.43. The van der Waals surface area contributed by atoms with Crippen LogP contribution < -0.4 is 10.6 Å². The molecule has 2 heterocycles. The Bertz CT molecular complexity index is 1050. The lowest BCUT2D eigenvalue weighted by molar-refractivity contribution is -0.115. The summed E-state index contributed by atoms with van der Waals surface area (Å²) in [5.41, 5.74) is 1.26. The summed E-state index contributed by atoms with van der Waals surface area (Å²) in [4.78, 5) is 29.1. The maximum absolute atomic E-state index is 14.1. The molecule has 1 aromatic carbocycles. The van der Waals surface area contributed by atoms with Crippen molar-refractivity contribution in [3.63, 3.8) is 0 Å². The van der Waals surface area contributed by atoms with Gasteiger partial charge in [-0.15, -0.1) is 11.3 Å². The lowest BCUT2D eigenvalue weighted by atomic mass is 10.2. The molecule has 9 heteroatoms. The van der Waals surface area contributed by atoms with Gasteiger partial charge in [-0.1, -0.05) is 0 Å². The number of furan rings is 1. The summed E-state index contributed by atoms with van der Waals surface area (Å²) in [7, 11) is 0. The summed E-state index contributed by atoms with van der Waals surface area (Å²) in [5, 5.41) is 7.81. The number of nitrogens with one attached hydrogen (secondary N) is 2. The maximum Gasteiger partial charge on any atom is 0.259 e. The van der Waals surface area contributed by atoms with E-state index in [9.17, 15) is 14.0 Å². The van der Waals surface area contributed by atoms with Crippen LogP contribution in [0.1, 0.15) is 46.8 Å². The number of thiazole rings is 1. The first-order chi connectivity index (χ1) is 14.4. The molecule has 0 fully saturated rings. The van der Waals surface area contributed by atoms with Gasteiger partial charge in [-0.3, -0.25) is 9.59 Å². The minimum absolute atomic E-state index is 0.0418. The van der Waals surface area contributed by atoms with Gasteiger partial charge >= 0.3 is 0 Å². The number of carbonyl (C=O) groups excluding carboxylic acids is 2. The third kappa shape index (κ3) is 5.31. The highest BCUT2D eigenvalue weighted by Crippen LogP contribution is 2.23. The van der Waals surface area contributed by atoms with Crippen LogP contribution in [-0.4, -0.2) is 23.4 Å². The monoisotopic (exact) mass is 431 g/mol. The fourth-order valence-electron chi connectivity index (χ4n) is 2.79. The van der Waals surface area contributed by atoms with Crippen molar-refractivity contribution in [2.24, 2.45) is 0 Å². The van der Waals surface area contributed by atoms with Crippen LogP contribution in [0.3, 0.4) is 0 Å². The Morgan fingerprint density at radius 1 is 1.30 bits per heavy atom. The van der Waals surface area contributed by atoms with Crippen LogP contribution in [0.4, 0.5) is 15.8 Å². The van der Waals surface area contributed by atoms with Crippen molar-refractivity contribution in [2.75, 3.05) is 17.2 Å². The molecule has 1 unspecified atom stereocenters. The standard InChI is InChI=1S/C21H22FN3O4S/c1-4-28-13(3)21-24-15(11-30-21)10-19(26)23-14-5-6-17(22)18(9-14)25-20(27)16-7-8-29-12(16)2/h5-9,11,13H,4,10H2,1-3H3,(H,23,26)(H,25,27). The van der Waals surface area contributed by atoms with E-state index in [-0.39, 0.29) is 24.1 Å². The van der Waals surface area contributed by atoms with E-state index in [1.165, 1.54) is 41.9 Å². The first-order valence-electron chi connectivity index (χ1n) is 9.38. The number of aryl methyl sites for hydroxylation is 1. The minimum atomic E-state index is -0.614. The first-order valence-corrected chi connectivity index (χ1v) is 10.3. The number of anilines is 2. The second-order valence-electron chi connectivity index (χ2n) is 6.54. The van der Waals surface area contributed by atoms with Crippen LogP contribution in [0.5, 0.6) is 0 Å². The van der Waals surface area contributed by atoms with E-state index in [1.54, 1.807) is 6.92 Å². The number of ether oxygens (including phenoxy) is 1. The van der Waals surface area contributed by atoms with Crippen molar-refractivity contribution < 1.29 is 23.1 Å². The topological polar surface area (TPSA) is 93.5 Å². The molecule has 0 saturated heterocycles. The van der Waals surface area contributed by atoms with Crippen LogP contribution in [0.25, 0.3) is 0 Å². The van der Waals surface area contributed by atoms with Gasteiger partial charge in [0, 0.05) is 17.7 Å². The number of benzene rings is 1. The zero-order chi connectivity index (χ0) is 21.7. The number of aromatic nitrogens is 1. The lowest BCUT2D eigenvalue weighted by Crippen LogP contribution is -2.16. The molecule has 0 aliphatic carbocycles. The largest absolute Gasteiger partial charge is 0.469 e. The highest BCUT2D eigenvalue weighted by molar-refractivity contribution is 7.09. The van der Waals surface area contributed by atoms with Crippen LogP contribution in [0.2, 0.25) is 0 Å². The molecule has 2 aromatic heterocycles. The Balaban J connectivity index is 1.64. The highest BCUT2D eigenvalue weighted by Gasteiger charge is 2.16. The minimum Gasteiger partial charge on any atom is -0.469 e. The molecule has 3 aromatic rings. The summed E-state index contributed by atoms with van der Waals surface area (Å²) < 4.78 is 24.7. The lowest BCUT2D eigenvalue weighted by Gasteiger charge is -2.10. The fourth-order valence-corrected chi connectivity index (χ4v) is 3.61. The van der Waals surface area contributed by atoms with E-state index in [4.69, 9.17) is 9.15 Å². The number of amides is 2. The Hall–Kier alpha value is -3.04. The van der Waals surface area contributed by atoms with Crippen molar-refractivity contribution in [3.8, 4) is 0 Å². The number of carbonyl (C=O) groups is 2. The maximum atomic E-state index is 14.1. The third-order valence-corrected chi connectivity index (χ3v) is 5.33. The molecule has 158 valence electrons. The van der Waals surface area contributed by atoms with Gasteiger partial charge in [-0.2, -0.15) is 0 Å². The predicted octanol–water partition coefficient (Wildman–Crippen LogP) is 4.71. The van der Waals surface area contributed by atoms with E-state index in [0.29, 0.717) is 29.3 Å². The van der Waals surface area contributed by atoms with Gasteiger partial charge in [-0.05, 0) is 45.0 Å². The van der Waals surface area contributed by atoms with Gasteiger partial charge in [0.05, 0.1) is 29.6 Å². The normalized spacial score (nSPS) is 11.9. The number of hydrogen-bond donors (Lipinski definition) is 2. The van der Waals surface area contributed by atoms with E-state index >= 15 is 0 Å². The Morgan fingerprint density at radius 3 is 2.80 bits per heavy atom. The number of nitrogens with zero attached hydrogens (tertiary/aromatic N) is 1. The van der Waals surface area contributed by atoms with Crippen molar-refractivity contribution in [1.82, 2.24) is 4.98 Å². The molecule has 1 atom stereocenters. The molecular weight excluding hydrogens is 409 g/mol. The number of rotatable bonds is 8. The molecule has 2 N–H and O–H groups in total. The summed E-state index contributed by atoms with van der Waals surface area (Å²) >= 11 is 1.44. The van der Waals surface area contributed by atoms with Gasteiger partial charge in [0.15, 0.2) is 0 Å². The average Bonchev–Trinajstić information content (AvgIpc) is 3.33. The molecule has 2 amide bonds. The molecule has 0 saturated carbocycles. The van der Waals surface area contributed by atoms with E-state index in [1.807, 2.05) is 19.2 Å². The number of hydrogen-bond acceptors (Lipinski definition) is 6. The molecular formula is C21H22FN3O4S.